The van der Waals surface area contributed by atoms with Crippen LogP contribution in [0.3, 0.4) is 0 Å². The zero-order chi connectivity index (χ0) is 21.3. The maximum Gasteiger partial charge on any atom is 0.330 e. The molecule has 0 unspecified atom stereocenters. The molecule has 0 amide bonds. The Balaban J connectivity index is 2.19. The second kappa shape index (κ2) is 8.67. The van der Waals surface area contributed by atoms with E-state index in [1.165, 1.54) is 5.57 Å². The summed E-state index contributed by atoms with van der Waals surface area (Å²) >= 11 is 10.1. The number of aromatic nitrogens is 5. The Morgan fingerprint density at radius 3 is 2.66 bits per heavy atom. The summed E-state index contributed by atoms with van der Waals surface area (Å²) in [5.74, 6) is 0.368. The summed E-state index contributed by atoms with van der Waals surface area (Å²) in [4.78, 5) is 26.6. The number of nitrogens with one attached hydrogen (secondary N) is 1. The van der Waals surface area contributed by atoms with E-state index in [1.54, 1.807) is 22.4 Å². The normalized spacial score (nSPS) is 11.1. The Morgan fingerprint density at radius 2 is 2.00 bits per heavy atom. The van der Waals surface area contributed by atoms with Gasteiger partial charge in [0.25, 0.3) is 0 Å². The van der Waals surface area contributed by atoms with E-state index in [2.05, 4.69) is 42.3 Å². The van der Waals surface area contributed by atoms with Gasteiger partial charge in [0.2, 0.25) is 5.95 Å². The van der Waals surface area contributed by atoms with Gasteiger partial charge in [-0.25, -0.2) is 4.79 Å². The average molecular weight is 480 g/mol. The van der Waals surface area contributed by atoms with Crippen LogP contribution in [0, 0.1) is 13.8 Å². The maximum absolute atomic E-state index is 13.3. The molecule has 9 heteroatoms. The zero-order valence-corrected chi connectivity index (χ0v) is 19.5. The molecule has 0 aliphatic heterocycles. The van der Waals surface area contributed by atoms with Crippen molar-refractivity contribution in [2.75, 3.05) is 12.4 Å². The summed E-state index contributed by atoms with van der Waals surface area (Å²) < 4.78 is 4.25. The molecular formula is C20H24BrClN6O. The van der Waals surface area contributed by atoms with Gasteiger partial charge in [-0.2, -0.15) is 9.97 Å². The van der Waals surface area contributed by atoms with Crippen molar-refractivity contribution in [3.05, 3.63) is 54.8 Å². The fourth-order valence-electron chi connectivity index (χ4n) is 3.17. The monoisotopic (exact) mass is 478 g/mol. The highest BCUT2D eigenvalue weighted by atomic mass is 79.9. The third kappa shape index (κ3) is 4.23. The van der Waals surface area contributed by atoms with Gasteiger partial charge in [0.05, 0.1) is 12.2 Å². The Kier molecular flexibility index (Phi) is 6.43. The van der Waals surface area contributed by atoms with Gasteiger partial charge in [0.1, 0.15) is 5.52 Å². The quantitative estimate of drug-likeness (QED) is 0.417. The molecule has 0 aromatic carbocycles. The minimum absolute atomic E-state index is 0.176. The van der Waals surface area contributed by atoms with E-state index < -0.39 is 0 Å². The summed E-state index contributed by atoms with van der Waals surface area (Å²) in [7, 11) is 1.72. The first-order valence-electron chi connectivity index (χ1n) is 9.32. The summed E-state index contributed by atoms with van der Waals surface area (Å²) in [5, 5.41) is 3.15. The van der Waals surface area contributed by atoms with E-state index in [9.17, 15) is 4.79 Å². The molecule has 0 radical (unpaired) electrons. The Hall–Kier alpha value is -2.19. The first-order valence-corrected chi connectivity index (χ1v) is 10.5. The second-order valence-electron chi connectivity index (χ2n) is 7.18. The largest absolute Gasteiger partial charge is 0.357 e. The van der Waals surface area contributed by atoms with E-state index in [0.29, 0.717) is 30.2 Å². The first-order chi connectivity index (χ1) is 13.7. The summed E-state index contributed by atoms with van der Waals surface area (Å²) in [6.07, 6.45) is 4.61. The number of anilines is 1. The number of allylic oxidation sites excluding steroid dienone is 2. The van der Waals surface area contributed by atoms with E-state index in [-0.39, 0.29) is 10.8 Å². The molecule has 0 spiro atoms. The third-order valence-electron chi connectivity index (χ3n) is 4.77. The minimum Gasteiger partial charge on any atom is -0.357 e. The van der Waals surface area contributed by atoms with Crippen LogP contribution < -0.4 is 11.0 Å². The second-order valence-corrected chi connectivity index (χ2v) is 8.33. The zero-order valence-electron chi connectivity index (χ0n) is 17.2. The lowest BCUT2D eigenvalue weighted by Gasteiger charge is -2.10. The molecule has 154 valence electrons. The highest BCUT2D eigenvalue weighted by Gasteiger charge is 2.20. The van der Waals surface area contributed by atoms with Crippen LogP contribution in [0.2, 0.25) is 5.15 Å². The van der Waals surface area contributed by atoms with Crippen LogP contribution in [0.25, 0.3) is 11.2 Å². The van der Waals surface area contributed by atoms with Crippen LogP contribution in [-0.4, -0.2) is 31.1 Å². The van der Waals surface area contributed by atoms with Crippen molar-refractivity contribution in [2.45, 2.75) is 47.2 Å². The van der Waals surface area contributed by atoms with Crippen molar-refractivity contribution in [1.82, 2.24) is 24.1 Å². The van der Waals surface area contributed by atoms with Crippen LogP contribution >= 0.6 is 27.5 Å². The van der Waals surface area contributed by atoms with E-state index in [0.717, 1.165) is 27.7 Å². The lowest BCUT2D eigenvalue weighted by Crippen LogP contribution is -2.25. The van der Waals surface area contributed by atoms with Gasteiger partial charge in [-0.05, 0) is 45.2 Å². The Labute approximate surface area is 183 Å². The van der Waals surface area contributed by atoms with Gasteiger partial charge in [-0.1, -0.05) is 39.2 Å². The average Bonchev–Trinajstić information content (AvgIpc) is 2.94. The molecule has 3 aromatic heterocycles. The van der Waals surface area contributed by atoms with Crippen LogP contribution in [-0.2, 0) is 13.1 Å². The maximum atomic E-state index is 13.3. The molecular weight excluding hydrogens is 456 g/mol. The molecule has 3 heterocycles. The van der Waals surface area contributed by atoms with E-state index in [4.69, 9.17) is 11.6 Å². The molecule has 0 bridgehead atoms. The van der Waals surface area contributed by atoms with Crippen molar-refractivity contribution in [2.24, 2.45) is 0 Å². The molecule has 29 heavy (non-hydrogen) atoms. The number of rotatable bonds is 6. The van der Waals surface area contributed by atoms with Gasteiger partial charge in [-0.3, -0.25) is 14.1 Å². The van der Waals surface area contributed by atoms with Crippen LogP contribution in [0.1, 0.15) is 37.1 Å². The summed E-state index contributed by atoms with van der Waals surface area (Å²) in [6.45, 7) is 8.84. The molecule has 0 fully saturated rings. The fraction of sp³-hybridized carbons (Fsp3) is 0.400. The number of imidazole rings is 1. The van der Waals surface area contributed by atoms with Crippen LogP contribution in [0.5, 0.6) is 0 Å². The van der Waals surface area contributed by atoms with Gasteiger partial charge < -0.3 is 5.32 Å². The molecule has 3 aromatic rings. The highest BCUT2D eigenvalue weighted by molar-refractivity contribution is 9.10. The van der Waals surface area contributed by atoms with Crippen molar-refractivity contribution >= 4 is 44.6 Å². The van der Waals surface area contributed by atoms with E-state index in [1.807, 2.05) is 27.7 Å². The van der Waals surface area contributed by atoms with Gasteiger partial charge in [0, 0.05) is 24.3 Å². The van der Waals surface area contributed by atoms with Gasteiger partial charge >= 0.3 is 5.69 Å². The van der Waals surface area contributed by atoms with Crippen molar-refractivity contribution < 1.29 is 0 Å². The summed E-state index contributed by atoms with van der Waals surface area (Å²) in [5.41, 5.74) is 4.90. The molecule has 0 saturated carbocycles. The van der Waals surface area contributed by atoms with Gasteiger partial charge in [-0.15, -0.1) is 0 Å². The number of fused-ring (bicyclic) bond motifs is 1. The molecule has 3 rings (SSSR count). The van der Waals surface area contributed by atoms with Gasteiger partial charge in [0.15, 0.2) is 10.8 Å². The van der Waals surface area contributed by atoms with Crippen molar-refractivity contribution in [1.29, 1.82) is 0 Å². The SMILES string of the molecule is CNc1nc(Cl)c2c(n1)n(Cc1ncc(C)c(Br)c1C)c(=O)n2CCC=C(C)C. The van der Waals surface area contributed by atoms with Crippen LogP contribution in [0.4, 0.5) is 5.95 Å². The first kappa shape index (κ1) is 21.5. The number of nitrogens with zero attached hydrogens (tertiary/aromatic N) is 5. The third-order valence-corrected chi connectivity index (χ3v) is 6.25. The molecule has 1 N–H and O–H groups in total. The number of hydrogen-bond acceptors (Lipinski definition) is 5. The Bertz CT molecular complexity index is 1160. The highest BCUT2D eigenvalue weighted by Crippen LogP contribution is 2.25. The topological polar surface area (TPSA) is 77.6 Å². The minimum atomic E-state index is -0.176. The standard InChI is InChI=1S/C20H24BrClN6O/c1-11(2)7-6-8-27-16-17(22)25-19(23-5)26-18(16)28(20(27)29)10-14-13(4)15(21)12(3)9-24-14/h7,9H,6,8,10H2,1-5H3,(H,23,25,26). The predicted octanol–water partition coefficient (Wildman–Crippen LogP) is 4.47. The lowest BCUT2D eigenvalue weighted by molar-refractivity contribution is 0.648. The molecule has 0 atom stereocenters. The number of aryl methyl sites for hydroxylation is 2. The predicted molar refractivity (Wildman–Crippen MR) is 121 cm³/mol. The summed E-state index contributed by atoms with van der Waals surface area (Å²) in [6, 6.07) is 0. The molecule has 0 aliphatic carbocycles. The lowest BCUT2D eigenvalue weighted by atomic mass is 10.1. The Morgan fingerprint density at radius 1 is 1.28 bits per heavy atom. The number of halogens is 2. The van der Waals surface area contributed by atoms with Crippen molar-refractivity contribution in [3.63, 3.8) is 0 Å². The van der Waals surface area contributed by atoms with Crippen LogP contribution in [0.15, 0.2) is 27.1 Å². The number of hydrogen-bond donors (Lipinski definition) is 1. The van der Waals surface area contributed by atoms with E-state index >= 15 is 0 Å². The molecule has 0 saturated heterocycles. The smallest absolute Gasteiger partial charge is 0.330 e. The van der Waals surface area contributed by atoms with Crippen molar-refractivity contribution in [3.8, 4) is 0 Å². The molecule has 7 nitrogen and oxygen atoms in total. The molecule has 0 aliphatic rings. The fourth-order valence-corrected chi connectivity index (χ4v) is 3.77. The number of pyridine rings is 1.